The maximum atomic E-state index is 12.6. The van der Waals surface area contributed by atoms with E-state index in [0.29, 0.717) is 36.5 Å². The second-order valence-electron chi connectivity index (χ2n) is 8.89. The van der Waals surface area contributed by atoms with Crippen LogP contribution in [0.25, 0.3) is 11.0 Å². The van der Waals surface area contributed by atoms with Gasteiger partial charge in [0.05, 0.1) is 0 Å². The van der Waals surface area contributed by atoms with Gasteiger partial charge in [0.25, 0.3) is 5.91 Å². The third kappa shape index (κ3) is 5.26. The molecule has 0 fully saturated rings. The Labute approximate surface area is 202 Å². The Morgan fingerprint density at radius 3 is 2.80 bits per heavy atom. The van der Waals surface area contributed by atoms with Crippen molar-refractivity contribution in [1.29, 1.82) is 0 Å². The van der Waals surface area contributed by atoms with E-state index in [2.05, 4.69) is 20.1 Å². The molecule has 2 aromatic carbocycles. The molecule has 1 N–H and O–H groups in total. The van der Waals surface area contributed by atoms with Crippen LogP contribution in [0.3, 0.4) is 0 Å². The van der Waals surface area contributed by atoms with Crippen molar-refractivity contribution in [3.8, 4) is 5.75 Å². The summed E-state index contributed by atoms with van der Waals surface area (Å²) < 4.78 is 13.3. The summed E-state index contributed by atoms with van der Waals surface area (Å²) in [6, 6.07) is 14.3. The summed E-state index contributed by atoms with van der Waals surface area (Å²) in [5.41, 5.74) is 2.52. The molecule has 5 rings (SSSR count). The van der Waals surface area contributed by atoms with Crippen molar-refractivity contribution in [3.63, 3.8) is 0 Å². The van der Waals surface area contributed by atoms with Crippen LogP contribution in [-0.2, 0) is 26.0 Å². The topological polar surface area (TPSA) is 99.2 Å². The van der Waals surface area contributed by atoms with Gasteiger partial charge in [0, 0.05) is 49.0 Å². The van der Waals surface area contributed by atoms with E-state index in [1.165, 1.54) is 12.5 Å². The van der Waals surface area contributed by atoms with E-state index >= 15 is 0 Å². The predicted molar refractivity (Wildman–Crippen MR) is 132 cm³/mol. The summed E-state index contributed by atoms with van der Waals surface area (Å²) in [4.78, 5) is 24.2. The van der Waals surface area contributed by atoms with Crippen LogP contribution in [0, 0.1) is 6.92 Å². The quantitative estimate of drug-likeness (QED) is 0.409. The van der Waals surface area contributed by atoms with Crippen molar-refractivity contribution in [1.82, 2.24) is 20.1 Å². The highest BCUT2D eigenvalue weighted by atomic mass is 16.5. The molecule has 8 heteroatoms. The molecule has 3 heterocycles. The highest BCUT2D eigenvalue weighted by Crippen LogP contribution is 2.23. The molecule has 8 nitrogen and oxygen atoms in total. The first-order chi connectivity index (χ1) is 17.1. The van der Waals surface area contributed by atoms with Gasteiger partial charge < -0.3 is 19.0 Å². The highest BCUT2D eigenvalue weighted by molar-refractivity contribution is 5.94. The van der Waals surface area contributed by atoms with Gasteiger partial charge in [0.2, 0.25) is 0 Å². The Balaban J connectivity index is 1.14. The van der Waals surface area contributed by atoms with Gasteiger partial charge in [-0.05, 0) is 55.2 Å². The molecular weight excluding hydrogens is 444 g/mol. The summed E-state index contributed by atoms with van der Waals surface area (Å²) >= 11 is 0. The van der Waals surface area contributed by atoms with Crippen LogP contribution in [-0.4, -0.2) is 27.2 Å². The number of aryl methyl sites for hydroxylation is 2. The maximum Gasteiger partial charge on any atom is 0.336 e. The third-order valence-corrected chi connectivity index (χ3v) is 6.36. The molecule has 1 aliphatic rings. The first kappa shape index (κ1) is 22.8. The van der Waals surface area contributed by atoms with Crippen molar-refractivity contribution < 1.29 is 13.9 Å². The molecule has 35 heavy (non-hydrogen) atoms. The van der Waals surface area contributed by atoms with Gasteiger partial charge >= 0.3 is 5.63 Å². The van der Waals surface area contributed by atoms with E-state index in [1.54, 1.807) is 18.2 Å². The van der Waals surface area contributed by atoms with E-state index in [4.69, 9.17) is 9.15 Å². The number of carbonyl (C=O) groups excluding carboxylic acids is 1. The third-order valence-electron chi connectivity index (χ3n) is 6.36. The highest BCUT2D eigenvalue weighted by Gasteiger charge is 2.15. The van der Waals surface area contributed by atoms with Crippen molar-refractivity contribution in [3.05, 3.63) is 87.3 Å². The summed E-state index contributed by atoms with van der Waals surface area (Å²) in [6.45, 7) is 3.68. The van der Waals surface area contributed by atoms with Crippen LogP contribution in [0.2, 0.25) is 0 Å². The van der Waals surface area contributed by atoms with E-state index in [1.807, 2.05) is 31.2 Å². The standard InChI is InChI=1S/C27H28N4O4/c1-18-15-26(32)35-23-16-21(10-11-22(18)23)34-17-19-6-8-20(9-7-19)27(33)28-13-12-25-30-29-24-5-3-2-4-14-31(24)25/h6-11,15-16H,2-5,12-14,17H2,1H3,(H,28,33). The molecule has 0 aliphatic carbocycles. The lowest BCUT2D eigenvalue weighted by Gasteiger charge is -2.09. The first-order valence-electron chi connectivity index (χ1n) is 12.0. The summed E-state index contributed by atoms with van der Waals surface area (Å²) in [6.07, 6.45) is 5.18. The molecule has 0 bridgehead atoms. The number of ether oxygens (including phenoxy) is 1. The lowest BCUT2D eigenvalue weighted by molar-refractivity contribution is 0.0954. The SMILES string of the molecule is Cc1cc(=O)oc2cc(OCc3ccc(C(=O)NCCc4nnc5n4CCCCC5)cc3)ccc12. The number of nitrogens with one attached hydrogen (secondary N) is 1. The summed E-state index contributed by atoms with van der Waals surface area (Å²) in [7, 11) is 0. The van der Waals surface area contributed by atoms with Crippen LogP contribution < -0.4 is 15.7 Å². The smallest absolute Gasteiger partial charge is 0.336 e. The molecule has 2 aromatic heterocycles. The number of fused-ring (bicyclic) bond motifs is 2. The van der Waals surface area contributed by atoms with Gasteiger partial charge in [0.1, 0.15) is 29.6 Å². The minimum absolute atomic E-state index is 0.118. The second-order valence-corrected chi connectivity index (χ2v) is 8.89. The molecular formula is C27H28N4O4. The zero-order valence-corrected chi connectivity index (χ0v) is 19.8. The first-order valence-corrected chi connectivity index (χ1v) is 12.0. The van der Waals surface area contributed by atoms with E-state index in [-0.39, 0.29) is 11.5 Å². The lowest BCUT2D eigenvalue weighted by Crippen LogP contribution is -2.26. The predicted octanol–water partition coefficient (Wildman–Crippen LogP) is 3.97. The van der Waals surface area contributed by atoms with Crippen LogP contribution in [0.4, 0.5) is 0 Å². The van der Waals surface area contributed by atoms with Gasteiger partial charge in [-0.25, -0.2) is 4.79 Å². The number of amides is 1. The Bertz CT molecular complexity index is 1410. The number of aromatic nitrogens is 3. The minimum Gasteiger partial charge on any atom is -0.489 e. The summed E-state index contributed by atoms with van der Waals surface area (Å²) in [5.74, 6) is 2.50. The van der Waals surface area contributed by atoms with Crippen molar-refractivity contribution in [2.24, 2.45) is 0 Å². The molecule has 0 spiro atoms. The largest absolute Gasteiger partial charge is 0.489 e. The average molecular weight is 473 g/mol. The number of hydrogen-bond acceptors (Lipinski definition) is 6. The molecule has 0 radical (unpaired) electrons. The fraction of sp³-hybridized carbons (Fsp3) is 0.333. The van der Waals surface area contributed by atoms with Gasteiger partial charge in [-0.1, -0.05) is 18.6 Å². The van der Waals surface area contributed by atoms with E-state index in [9.17, 15) is 9.59 Å². The molecule has 180 valence electrons. The zero-order valence-electron chi connectivity index (χ0n) is 19.8. The van der Waals surface area contributed by atoms with E-state index in [0.717, 1.165) is 54.0 Å². The molecule has 1 amide bonds. The summed E-state index contributed by atoms with van der Waals surface area (Å²) in [5, 5.41) is 12.5. The molecule has 0 atom stereocenters. The Kier molecular flexibility index (Phi) is 6.61. The molecule has 0 unspecified atom stereocenters. The Morgan fingerprint density at radius 1 is 1.09 bits per heavy atom. The van der Waals surface area contributed by atoms with Gasteiger partial charge in [-0.15, -0.1) is 10.2 Å². The molecule has 0 saturated carbocycles. The van der Waals surface area contributed by atoms with Gasteiger partial charge in [0.15, 0.2) is 0 Å². The average Bonchev–Trinajstić information content (AvgIpc) is 3.08. The van der Waals surface area contributed by atoms with Gasteiger partial charge in [-0.2, -0.15) is 0 Å². The lowest BCUT2D eigenvalue weighted by atomic mass is 10.1. The number of rotatable bonds is 7. The molecule has 1 aliphatic heterocycles. The zero-order chi connectivity index (χ0) is 24.2. The van der Waals surface area contributed by atoms with Crippen LogP contribution in [0.5, 0.6) is 5.75 Å². The number of carbonyl (C=O) groups is 1. The maximum absolute atomic E-state index is 12.6. The van der Waals surface area contributed by atoms with Crippen LogP contribution in [0.1, 0.15) is 52.4 Å². The van der Waals surface area contributed by atoms with Crippen LogP contribution in [0.15, 0.2) is 57.7 Å². The van der Waals surface area contributed by atoms with E-state index < -0.39 is 0 Å². The second kappa shape index (κ2) is 10.1. The molecule has 0 saturated heterocycles. The van der Waals surface area contributed by atoms with Crippen molar-refractivity contribution >= 4 is 16.9 Å². The number of hydrogen-bond donors (Lipinski definition) is 1. The fourth-order valence-electron chi connectivity index (χ4n) is 4.43. The minimum atomic E-state index is -0.378. The fourth-order valence-corrected chi connectivity index (χ4v) is 4.43. The van der Waals surface area contributed by atoms with Gasteiger partial charge in [-0.3, -0.25) is 4.79 Å². The van der Waals surface area contributed by atoms with Crippen molar-refractivity contribution in [2.75, 3.05) is 6.54 Å². The normalized spacial score (nSPS) is 13.3. The number of benzene rings is 2. The molecule has 4 aromatic rings. The monoisotopic (exact) mass is 472 g/mol. The van der Waals surface area contributed by atoms with Crippen LogP contribution >= 0.6 is 0 Å². The number of nitrogens with zero attached hydrogens (tertiary/aromatic N) is 3. The van der Waals surface area contributed by atoms with Crippen molar-refractivity contribution in [2.45, 2.75) is 52.2 Å². The Morgan fingerprint density at radius 2 is 1.94 bits per heavy atom. The Hall–Kier alpha value is -3.94.